The van der Waals surface area contributed by atoms with Gasteiger partial charge in [0.2, 0.25) is 11.8 Å². The van der Waals surface area contributed by atoms with E-state index in [0.29, 0.717) is 28.8 Å². The van der Waals surface area contributed by atoms with Crippen LogP contribution in [0.3, 0.4) is 0 Å². The van der Waals surface area contributed by atoms with Crippen LogP contribution in [0, 0.1) is 19.8 Å². The van der Waals surface area contributed by atoms with E-state index in [1.54, 1.807) is 0 Å². The number of amides is 1. The zero-order valence-corrected chi connectivity index (χ0v) is 15.9. The number of hydrogen-bond acceptors (Lipinski definition) is 5. The lowest BCUT2D eigenvalue weighted by Gasteiger charge is -2.29. The van der Waals surface area contributed by atoms with Crippen LogP contribution >= 0.6 is 11.8 Å². The lowest BCUT2D eigenvalue weighted by atomic mass is 9.86. The number of benzene rings is 1. The Bertz CT molecular complexity index is 744. The van der Waals surface area contributed by atoms with Crippen molar-refractivity contribution in [2.75, 3.05) is 5.75 Å². The maximum Gasteiger partial charge on any atom is 0.277 e. The number of carbonyl (C=O) groups excluding carboxylic acids is 1. The van der Waals surface area contributed by atoms with Gasteiger partial charge < -0.3 is 9.73 Å². The Morgan fingerprint density at radius 3 is 2.80 bits per heavy atom. The molecule has 1 aromatic carbocycles. The van der Waals surface area contributed by atoms with Gasteiger partial charge in [0.05, 0.1) is 5.75 Å². The molecule has 1 N–H and O–H groups in total. The van der Waals surface area contributed by atoms with Crippen LogP contribution in [0.2, 0.25) is 0 Å². The fraction of sp³-hybridized carbons (Fsp3) is 0.526. The SMILES string of the molecule is Cc1ccc(-c2nnc(SCC(=O)N[C@H]3CCCC[C@H]3C)o2)cc1C. The third-order valence-corrected chi connectivity index (χ3v) is 5.76. The van der Waals surface area contributed by atoms with E-state index in [2.05, 4.69) is 36.3 Å². The third-order valence-electron chi connectivity index (χ3n) is 4.94. The van der Waals surface area contributed by atoms with Crippen molar-refractivity contribution in [1.82, 2.24) is 15.5 Å². The second kappa shape index (κ2) is 8.04. The highest BCUT2D eigenvalue weighted by molar-refractivity contribution is 7.99. The van der Waals surface area contributed by atoms with Crippen LogP contribution in [-0.2, 0) is 4.79 Å². The molecule has 0 aliphatic heterocycles. The van der Waals surface area contributed by atoms with E-state index in [-0.39, 0.29) is 5.91 Å². The van der Waals surface area contributed by atoms with Crippen LogP contribution in [0.4, 0.5) is 0 Å². The lowest BCUT2D eigenvalue weighted by Crippen LogP contribution is -2.41. The smallest absolute Gasteiger partial charge is 0.277 e. The minimum absolute atomic E-state index is 0.0367. The molecule has 2 aromatic rings. The minimum atomic E-state index is 0.0367. The summed E-state index contributed by atoms with van der Waals surface area (Å²) in [5, 5.41) is 11.7. The van der Waals surface area contributed by atoms with E-state index in [4.69, 9.17) is 4.42 Å². The Balaban J connectivity index is 1.54. The quantitative estimate of drug-likeness (QED) is 0.813. The summed E-state index contributed by atoms with van der Waals surface area (Å²) in [4.78, 5) is 12.2. The molecule has 0 saturated heterocycles. The summed E-state index contributed by atoms with van der Waals surface area (Å²) < 4.78 is 5.69. The van der Waals surface area contributed by atoms with E-state index in [9.17, 15) is 4.79 Å². The van der Waals surface area contributed by atoms with Gasteiger partial charge in [-0.25, -0.2) is 0 Å². The third kappa shape index (κ3) is 4.63. The maximum absolute atomic E-state index is 12.2. The molecule has 0 radical (unpaired) electrons. The van der Waals surface area contributed by atoms with Gasteiger partial charge >= 0.3 is 0 Å². The van der Waals surface area contributed by atoms with Crippen molar-refractivity contribution < 1.29 is 9.21 Å². The fourth-order valence-corrected chi connectivity index (χ4v) is 3.74. The Kier molecular flexibility index (Phi) is 5.78. The lowest BCUT2D eigenvalue weighted by molar-refractivity contribution is -0.119. The molecule has 0 spiro atoms. The first kappa shape index (κ1) is 18.0. The number of nitrogens with zero attached hydrogens (tertiary/aromatic N) is 2. The number of hydrogen-bond donors (Lipinski definition) is 1. The largest absolute Gasteiger partial charge is 0.411 e. The van der Waals surface area contributed by atoms with Crippen LogP contribution in [0.1, 0.15) is 43.7 Å². The first-order valence-corrected chi connectivity index (χ1v) is 9.85. The predicted octanol–water partition coefficient (Wildman–Crippen LogP) is 4.14. The molecule has 134 valence electrons. The Morgan fingerprint density at radius 1 is 1.24 bits per heavy atom. The summed E-state index contributed by atoms with van der Waals surface area (Å²) >= 11 is 1.29. The summed E-state index contributed by atoms with van der Waals surface area (Å²) in [6.45, 7) is 6.34. The normalized spacial score (nSPS) is 20.4. The Morgan fingerprint density at radius 2 is 2.04 bits per heavy atom. The van der Waals surface area contributed by atoms with Gasteiger partial charge in [-0.3, -0.25) is 4.79 Å². The fourth-order valence-electron chi connectivity index (χ4n) is 3.17. The van der Waals surface area contributed by atoms with E-state index in [1.165, 1.54) is 42.2 Å². The summed E-state index contributed by atoms with van der Waals surface area (Å²) in [6.07, 6.45) is 4.74. The zero-order chi connectivity index (χ0) is 17.8. The monoisotopic (exact) mass is 359 g/mol. The molecule has 1 saturated carbocycles. The second-order valence-corrected chi connectivity index (χ2v) is 7.82. The molecule has 6 heteroatoms. The van der Waals surface area contributed by atoms with Crippen LogP contribution in [0.25, 0.3) is 11.5 Å². The van der Waals surface area contributed by atoms with Crippen LogP contribution in [0.5, 0.6) is 0 Å². The van der Waals surface area contributed by atoms with Gasteiger partial charge in [0, 0.05) is 11.6 Å². The molecular weight excluding hydrogens is 334 g/mol. The number of thioether (sulfide) groups is 1. The minimum Gasteiger partial charge on any atom is -0.411 e. The summed E-state index contributed by atoms with van der Waals surface area (Å²) in [6, 6.07) is 6.35. The van der Waals surface area contributed by atoms with Crippen molar-refractivity contribution in [3.63, 3.8) is 0 Å². The van der Waals surface area contributed by atoms with Crippen molar-refractivity contribution in [1.29, 1.82) is 0 Å². The number of carbonyl (C=O) groups is 1. The highest BCUT2D eigenvalue weighted by Gasteiger charge is 2.23. The van der Waals surface area contributed by atoms with Crippen molar-refractivity contribution in [3.05, 3.63) is 29.3 Å². The zero-order valence-electron chi connectivity index (χ0n) is 15.0. The van der Waals surface area contributed by atoms with E-state index in [1.807, 2.05) is 18.2 Å². The van der Waals surface area contributed by atoms with Gasteiger partial charge in [-0.05, 0) is 55.9 Å². The van der Waals surface area contributed by atoms with Crippen molar-refractivity contribution in [3.8, 4) is 11.5 Å². The molecule has 3 rings (SSSR count). The molecule has 1 aromatic heterocycles. The van der Waals surface area contributed by atoms with Gasteiger partial charge in [0.25, 0.3) is 5.22 Å². The van der Waals surface area contributed by atoms with Gasteiger partial charge in [0.1, 0.15) is 0 Å². The number of aryl methyl sites for hydroxylation is 2. The summed E-state index contributed by atoms with van der Waals surface area (Å²) in [5.41, 5.74) is 3.32. The van der Waals surface area contributed by atoms with Gasteiger partial charge in [-0.1, -0.05) is 37.6 Å². The average molecular weight is 359 g/mol. The summed E-state index contributed by atoms with van der Waals surface area (Å²) in [5.74, 6) is 1.39. The van der Waals surface area contributed by atoms with E-state index < -0.39 is 0 Å². The molecular formula is C19H25N3O2S. The molecule has 1 heterocycles. The molecule has 0 bridgehead atoms. The highest BCUT2D eigenvalue weighted by Crippen LogP contribution is 2.26. The Labute approximate surface area is 153 Å². The number of aromatic nitrogens is 2. The number of rotatable bonds is 5. The van der Waals surface area contributed by atoms with Crippen molar-refractivity contribution in [2.24, 2.45) is 5.92 Å². The molecule has 0 unspecified atom stereocenters. The average Bonchev–Trinajstić information content (AvgIpc) is 3.07. The molecule has 25 heavy (non-hydrogen) atoms. The standard InChI is InChI=1S/C19H25N3O2S/c1-12-8-9-15(10-14(12)3)18-21-22-19(24-18)25-11-17(23)20-16-7-5-4-6-13(16)2/h8-10,13,16H,4-7,11H2,1-3H3,(H,20,23)/t13-,16+/m1/s1. The first-order valence-electron chi connectivity index (χ1n) is 8.86. The topological polar surface area (TPSA) is 68.0 Å². The van der Waals surface area contributed by atoms with Gasteiger partial charge in [-0.15, -0.1) is 10.2 Å². The first-order chi connectivity index (χ1) is 12.0. The van der Waals surface area contributed by atoms with Crippen LogP contribution < -0.4 is 5.32 Å². The molecule has 1 amide bonds. The van der Waals surface area contributed by atoms with Crippen molar-refractivity contribution in [2.45, 2.75) is 57.7 Å². The van der Waals surface area contributed by atoms with Gasteiger partial charge in [0.15, 0.2) is 0 Å². The van der Waals surface area contributed by atoms with Crippen molar-refractivity contribution >= 4 is 17.7 Å². The molecule has 2 atom stereocenters. The van der Waals surface area contributed by atoms with Crippen LogP contribution in [0.15, 0.2) is 27.8 Å². The summed E-state index contributed by atoms with van der Waals surface area (Å²) in [7, 11) is 0. The van der Waals surface area contributed by atoms with Crippen LogP contribution in [-0.4, -0.2) is 27.9 Å². The maximum atomic E-state index is 12.2. The van der Waals surface area contributed by atoms with Gasteiger partial charge in [-0.2, -0.15) is 0 Å². The second-order valence-electron chi connectivity index (χ2n) is 6.90. The highest BCUT2D eigenvalue weighted by atomic mass is 32.2. The molecule has 5 nitrogen and oxygen atoms in total. The Hall–Kier alpha value is -1.82. The van der Waals surface area contributed by atoms with E-state index in [0.717, 1.165) is 12.0 Å². The number of nitrogens with one attached hydrogen (secondary N) is 1. The van der Waals surface area contributed by atoms with E-state index >= 15 is 0 Å². The molecule has 1 fully saturated rings. The molecule has 1 aliphatic rings. The predicted molar refractivity (Wildman–Crippen MR) is 99.5 cm³/mol. The molecule has 1 aliphatic carbocycles.